The first-order valence-electron chi connectivity index (χ1n) is 6.84. The third-order valence-electron chi connectivity index (χ3n) is 3.62. The van der Waals surface area contributed by atoms with Gasteiger partial charge in [0.2, 0.25) is 0 Å². The number of anilines is 1. The van der Waals surface area contributed by atoms with Crippen LogP contribution in [0.2, 0.25) is 10.0 Å². The van der Waals surface area contributed by atoms with Crippen molar-refractivity contribution in [3.05, 3.63) is 62.5 Å². The normalized spacial score (nSPS) is 17.7. The first-order valence-corrected chi connectivity index (χ1v) is 8.39. The van der Waals surface area contributed by atoms with E-state index in [2.05, 4.69) is 33.2 Å². The molecule has 0 saturated heterocycles. The molecular formula is C16H14BrCl2N3. The highest BCUT2D eigenvalue weighted by atomic mass is 79.9. The van der Waals surface area contributed by atoms with Gasteiger partial charge < -0.3 is 5.73 Å². The molecule has 3 rings (SSSR count). The number of rotatable bonds is 3. The molecule has 3 nitrogen and oxygen atoms in total. The molecule has 0 aromatic heterocycles. The highest BCUT2D eigenvalue weighted by molar-refractivity contribution is 9.10. The molecule has 0 fully saturated rings. The first kappa shape index (κ1) is 15.8. The highest BCUT2D eigenvalue weighted by Gasteiger charge is 2.29. The molecule has 0 bridgehead atoms. The minimum absolute atomic E-state index is 0.0883. The van der Waals surface area contributed by atoms with Crippen LogP contribution < -0.4 is 10.7 Å². The quantitative estimate of drug-likeness (QED) is 0.788. The largest absolute Gasteiger partial charge is 0.325 e. The summed E-state index contributed by atoms with van der Waals surface area (Å²) >= 11 is 15.8. The summed E-state index contributed by atoms with van der Waals surface area (Å²) in [4.78, 5) is 0. The molecular weight excluding hydrogens is 385 g/mol. The van der Waals surface area contributed by atoms with Gasteiger partial charge >= 0.3 is 0 Å². The van der Waals surface area contributed by atoms with Crippen molar-refractivity contribution in [2.45, 2.75) is 12.5 Å². The van der Waals surface area contributed by atoms with Gasteiger partial charge in [-0.15, -0.1) is 0 Å². The summed E-state index contributed by atoms with van der Waals surface area (Å²) in [7, 11) is 0. The monoisotopic (exact) mass is 397 g/mol. The van der Waals surface area contributed by atoms with Crippen LogP contribution in [0.1, 0.15) is 18.0 Å². The lowest BCUT2D eigenvalue weighted by Crippen LogP contribution is -2.19. The first-order chi connectivity index (χ1) is 10.6. The molecule has 0 amide bonds. The standard InChI is InChI=1S/C16H14BrCl2N3/c17-11-3-1-10(2-4-11)16-8-13(9-20)21-22(16)15-6-5-12(18)7-14(15)19/h1-7,16H,8-9,20H2/t16-/m0/s1. The Balaban J connectivity index is 2.01. The number of benzene rings is 2. The van der Waals surface area contributed by atoms with Crippen LogP contribution in [0, 0.1) is 0 Å². The molecule has 0 unspecified atom stereocenters. The van der Waals surface area contributed by atoms with Crippen molar-refractivity contribution >= 4 is 50.5 Å². The minimum Gasteiger partial charge on any atom is -0.325 e. The second kappa shape index (κ2) is 6.59. The Morgan fingerprint density at radius 2 is 1.91 bits per heavy atom. The third kappa shape index (κ3) is 3.15. The van der Waals surface area contributed by atoms with Crippen molar-refractivity contribution in [3.63, 3.8) is 0 Å². The molecule has 0 aliphatic carbocycles. The van der Waals surface area contributed by atoms with Crippen LogP contribution in [-0.4, -0.2) is 12.3 Å². The van der Waals surface area contributed by atoms with Gasteiger partial charge in [-0.2, -0.15) is 5.10 Å². The number of nitrogens with zero attached hydrogens (tertiary/aromatic N) is 2. The van der Waals surface area contributed by atoms with E-state index in [9.17, 15) is 0 Å². The molecule has 2 aromatic carbocycles. The Kier molecular flexibility index (Phi) is 4.73. The summed E-state index contributed by atoms with van der Waals surface area (Å²) in [6.45, 7) is 0.439. The van der Waals surface area contributed by atoms with Crippen LogP contribution in [0.4, 0.5) is 5.69 Å². The van der Waals surface area contributed by atoms with Crippen molar-refractivity contribution in [2.24, 2.45) is 10.8 Å². The maximum Gasteiger partial charge on any atom is 0.0829 e. The average Bonchev–Trinajstić information content (AvgIpc) is 2.92. The SMILES string of the molecule is NCC1=NN(c2ccc(Cl)cc2Cl)[C@H](c2ccc(Br)cc2)C1. The van der Waals surface area contributed by atoms with Gasteiger partial charge in [0.1, 0.15) is 0 Å². The number of nitrogens with two attached hydrogens (primary N) is 1. The van der Waals surface area contributed by atoms with Crippen LogP contribution in [-0.2, 0) is 0 Å². The van der Waals surface area contributed by atoms with E-state index in [0.29, 0.717) is 16.6 Å². The molecule has 2 aromatic rings. The summed E-state index contributed by atoms with van der Waals surface area (Å²) in [6, 6.07) is 13.7. The fourth-order valence-corrected chi connectivity index (χ4v) is 3.29. The maximum atomic E-state index is 6.34. The van der Waals surface area contributed by atoms with Crippen molar-refractivity contribution in [2.75, 3.05) is 11.6 Å². The van der Waals surface area contributed by atoms with Crippen LogP contribution >= 0.6 is 39.1 Å². The zero-order chi connectivity index (χ0) is 15.7. The fraction of sp³-hybridized carbons (Fsp3) is 0.188. The van der Waals surface area contributed by atoms with E-state index < -0.39 is 0 Å². The Morgan fingerprint density at radius 3 is 2.55 bits per heavy atom. The summed E-state index contributed by atoms with van der Waals surface area (Å²) in [5.41, 5.74) is 8.74. The topological polar surface area (TPSA) is 41.6 Å². The highest BCUT2D eigenvalue weighted by Crippen LogP contribution is 2.39. The maximum absolute atomic E-state index is 6.34. The predicted octanol–water partition coefficient (Wildman–Crippen LogP) is 5.02. The zero-order valence-corrected chi connectivity index (χ0v) is 14.7. The molecule has 1 atom stereocenters. The predicted molar refractivity (Wildman–Crippen MR) is 96.9 cm³/mol. The Bertz CT molecular complexity index is 716. The van der Waals surface area contributed by atoms with Crippen molar-refractivity contribution < 1.29 is 0 Å². The van der Waals surface area contributed by atoms with Gasteiger partial charge in [-0.3, -0.25) is 5.01 Å². The van der Waals surface area contributed by atoms with Crippen LogP contribution in [0.15, 0.2) is 52.0 Å². The van der Waals surface area contributed by atoms with E-state index in [1.807, 2.05) is 29.3 Å². The summed E-state index contributed by atoms with van der Waals surface area (Å²) in [6.07, 6.45) is 0.789. The summed E-state index contributed by atoms with van der Waals surface area (Å²) in [5, 5.41) is 7.76. The Labute approximate surface area is 147 Å². The molecule has 2 N–H and O–H groups in total. The van der Waals surface area contributed by atoms with E-state index in [1.165, 1.54) is 5.56 Å². The molecule has 0 radical (unpaired) electrons. The van der Waals surface area contributed by atoms with Gasteiger partial charge in [0, 0.05) is 22.5 Å². The minimum atomic E-state index is 0.0883. The van der Waals surface area contributed by atoms with E-state index in [-0.39, 0.29) is 6.04 Å². The van der Waals surface area contributed by atoms with E-state index >= 15 is 0 Å². The van der Waals surface area contributed by atoms with E-state index in [0.717, 1.165) is 22.3 Å². The molecule has 0 spiro atoms. The lowest BCUT2D eigenvalue weighted by Gasteiger charge is -2.25. The Hall–Kier alpha value is -1.07. The lowest BCUT2D eigenvalue weighted by molar-refractivity contribution is 0.708. The molecule has 1 heterocycles. The van der Waals surface area contributed by atoms with Gasteiger partial charge in [-0.25, -0.2) is 0 Å². The van der Waals surface area contributed by atoms with Crippen molar-refractivity contribution in [1.82, 2.24) is 0 Å². The third-order valence-corrected chi connectivity index (χ3v) is 4.69. The average molecular weight is 399 g/mol. The Morgan fingerprint density at radius 1 is 1.18 bits per heavy atom. The summed E-state index contributed by atoms with van der Waals surface area (Å²) in [5.74, 6) is 0. The molecule has 1 aliphatic rings. The van der Waals surface area contributed by atoms with Crippen LogP contribution in [0.3, 0.4) is 0 Å². The van der Waals surface area contributed by atoms with Gasteiger partial charge in [-0.1, -0.05) is 51.3 Å². The molecule has 6 heteroatoms. The van der Waals surface area contributed by atoms with Gasteiger partial charge in [-0.05, 0) is 35.9 Å². The molecule has 22 heavy (non-hydrogen) atoms. The van der Waals surface area contributed by atoms with Crippen molar-refractivity contribution in [1.29, 1.82) is 0 Å². The van der Waals surface area contributed by atoms with Gasteiger partial charge in [0.05, 0.1) is 22.5 Å². The van der Waals surface area contributed by atoms with Crippen molar-refractivity contribution in [3.8, 4) is 0 Å². The number of hydrogen-bond acceptors (Lipinski definition) is 3. The fourth-order valence-electron chi connectivity index (χ4n) is 2.53. The smallest absolute Gasteiger partial charge is 0.0829 e. The second-order valence-corrected chi connectivity index (χ2v) is 6.84. The van der Waals surface area contributed by atoms with Gasteiger partial charge in [0.25, 0.3) is 0 Å². The number of hydrogen-bond donors (Lipinski definition) is 1. The van der Waals surface area contributed by atoms with Gasteiger partial charge in [0.15, 0.2) is 0 Å². The lowest BCUT2D eigenvalue weighted by atomic mass is 10.0. The molecule has 0 saturated carbocycles. The van der Waals surface area contributed by atoms with E-state index in [1.54, 1.807) is 6.07 Å². The summed E-state index contributed by atoms with van der Waals surface area (Å²) < 4.78 is 1.05. The van der Waals surface area contributed by atoms with Crippen LogP contribution in [0.5, 0.6) is 0 Å². The van der Waals surface area contributed by atoms with E-state index in [4.69, 9.17) is 28.9 Å². The molecule has 114 valence electrons. The second-order valence-electron chi connectivity index (χ2n) is 5.08. The van der Waals surface area contributed by atoms with Crippen LogP contribution in [0.25, 0.3) is 0 Å². The zero-order valence-electron chi connectivity index (χ0n) is 11.6. The molecule has 1 aliphatic heterocycles. The number of hydrazone groups is 1. The number of halogens is 3.